The monoisotopic (exact) mass is 234 g/mol. The van der Waals surface area contributed by atoms with Crippen molar-refractivity contribution in [3.05, 3.63) is 24.0 Å². The summed E-state index contributed by atoms with van der Waals surface area (Å²) < 4.78 is 0. The van der Waals surface area contributed by atoms with Gasteiger partial charge in [0, 0.05) is 24.3 Å². The highest BCUT2D eigenvalue weighted by molar-refractivity contribution is 6.00. The van der Waals surface area contributed by atoms with Crippen LogP contribution in [0.5, 0.6) is 0 Å². The molecule has 3 N–H and O–H groups in total. The highest BCUT2D eigenvalue weighted by Gasteiger charge is 2.16. The molecule has 0 atom stereocenters. The zero-order chi connectivity index (χ0) is 13.0. The molecule has 4 nitrogen and oxygen atoms in total. The molecule has 0 unspecified atom stereocenters. The van der Waals surface area contributed by atoms with Gasteiger partial charge in [0.25, 0.3) is 0 Å². The van der Waals surface area contributed by atoms with Crippen molar-refractivity contribution in [2.75, 3.05) is 11.4 Å². The number of hydrogen-bond donors (Lipinski definition) is 2. The number of anilines is 1. The molecule has 1 rings (SSSR count). The number of amidine groups is 1. The predicted molar refractivity (Wildman–Crippen MR) is 72.6 cm³/mol. The van der Waals surface area contributed by atoms with Gasteiger partial charge in [0.1, 0.15) is 5.84 Å². The average Bonchev–Trinajstić information content (AvgIpc) is 2.25. The first kappa shape index (κ1) is 13.5. The van der Waals surface area contributed by atoms with Crippen LogP contribution in [0.3, 0.4) is 0 Å². The summed E-state index contributed by atoms with van der Waals surface area (Å²) in [5.41, 5.74) is 7.32. The van der Waals surface area contributed by atoms with E-state index >= 15 is 0 Å². The highest BCUT2D eigenvalue weighted by Crippen LogP contribution is 2.22. The quantitative estimate of drug-likeness (QED) is 0.606. The molecule has 0 radical (unpaired) electrons. The van der Waals surface area contributed by atoms with Crippen molar-refractivity contribution in [1.82, 2.24) is 4.98 Å². The minimum atomic E-state index is 0.0943. The lowest BCUT2D eigenvalue weighted by Gasteiger charge is -2.31. The third-order valence-corrected chi connectivity index (χ3v) is 2.58. The molecular formula is C13H22N4. The molecule has 17 heavy (non-hydrogen) atoms. The molecule has 0 spiro atoms. The topological polar surface area (TPSA) is 66.0 Å². The number of nitrogens with one attached hydrogen (secondary N) is 1. The Bertz CT molecular complexity index is 385. The zero-order valence-electron chi connectivity index (χ0n) is 11.1. The van der Waals surface area contributed by atoms with Gasteiger partial charge in [-0.3, -0.25) is 10.4 Å². The van der Waals surface area contributed by atoms with Crippen LogP contribution in [0.1, 0.15) is 33.3 Å². The van der Waals surface area contributed by atoms with E-state index in [0.29, 0.717) is 12.0 Å². The van der Waals surface area contributed by atoms with Crippen molar-refractivity contribution in [2.24, 2.45) is 11.7 Å². The van der Waals surface area contributed by atoms with E-state index in [4.69, 9.17) is 11.1 Å². The van der Waals surface area contributed by atoms with Crippen LogP contribution in [0.15, 0.2) is 18.5 Å². The SMILES string of the molecule is CC(C)CN(c1cnccc1C(=N)N)C(C)C. The summed E-state index contributed by atoms with van der Waals surface area (Å²) in [5, 5.41) is 7.62. The first-order valence-corrected chi connectivity index (χ1v) is 5.98. The number of rotatable bonds is 5. The Labute approximate surface area is 103 Å². The fourth-order valence-corrected chi connectivity index (χ4v) is 1.82. The van der Waals surface area contributed by atoms with Crippen LogP contribution in [-0.4, -0.2) is 23.4 Å². The first-order valence-electron chi connectivity index (χ1n) is 5.98. The maximum absolute atomic E-state index is 7.62. The van der Waals surface area contributed by atoms with E-state index in [-0.39, 0.29) is 5.84 Å². The molecule has 4 heteroatoms. The summed E-state index contributed by atoms with van der Waals surface area (Å²) in [7, 11) is 0. The first-order chi connectivity index (χ1) is 7.93. The van der Waals surface area contributed by atoms with Gasteiger partial charge in [-0.2, -0.15) is 0 Å². The van der Waals surface area contributed by atoms with Gasteiger partial charge in [-0.1, -0.05) is 13.8 Å². The van der Waals surface area contributed by atoms with E-state index in [1.165, 1.54) is 0 Å². The summed E-state index contributed by atoms with van der Waals surface area (Å²) in [6, 6.07) is 2.16. The van der Waals surface area contributed by atoms with Gasteiger partial charge in [0.05, 0.1) is 11.9 Å². The molecule has 0 bridgehead atoms. The van der Waals surface area contributed by atoms with Crippen molar-refractivity contribution in [3.63, 3.8) is 0 Å². The maximum atomic E-state index is 7.62. The van der Waals surface area contributed by atoms with E-state index in [2.05, 4.69) is 37.6 Å². The Morgan fingerprint density at radius 3 is 2.53 bits per heavy atom. The molecule has 0 aliphatic rings. The van der Waals surface area contributed by atoms with E-state index in [9.17, 15) is 0 Å². The molecule has 0 fully saturated rings. The Balaban J connectivity index is 3.13. The van der Waals surface area contributed by atoms with Crippen molar-refractivity contribution < 1.29 is 0 Å². The van der Waals surface area contributed by atoms with Crippen molar-refractivity contribution in [2.45, 2.75) is 33.7 Å². The number of pyridine rings is 1. The van der Waals surface area contributed by atoms with Crippen LogP contribution in [0, 0.1) is 11.3 Å². The lowest BCUT2D eigenvalue weighted by Crippen LogP contribution is -2.35. The summed E-state index contributed by atoms with van der Waals surface area (Å²) >= 11 is 0. The maximum Gasteiger partial charge on any atom is 0.125 e. The van der Waals surface area contributed by atoms with Gasteiger partial charge in [0.15, 0.2) is 0 Å². The molecule has 1 aromatic rings. The highest BCUT2D eigenvalue weighted by atomic mass is 15.2. The summed E-state index contributed by atoms with van der Waals surface area (Å²) in [4.78, 5) is 6.39. The smallest absolute Gasteiger partial charge is 0.125 e. The number of nitrogens with zero attached hydrogens (tertiary/aromatic N) is 2. The Hall–Kier alpha value is -1.58. The Kier molecular flexibility index (Phi) is 4.49. The molecule has 0 amide bonds. The third-order valence-electron chi connectivity index (χ3n) is 2.58. The normalized spacial score (nSPS) is 10.9. The van der Waals surface area contributed by atoms with E-state index in [1.807, 2.05) is 0 Å². The van der Waals surface area contributed by atoms with Crippen LogP contribution < -0.4 is 10.6 Å². The van der Waals surface area contributed by atoms with E-state index < -0.39 is 0 Å². The fourth-order valence-electron chi connectivity index (χ4n) is 1.82. The molecule has 0 aromatic carbocycles. The van der Waals surface area contributed by atoms with E-state index in [1.54, 1.807) is 18.5 Å². The third kappa shape index (κ3) is 3.44. The van der Waals surface area contributed by atoms with Crippen LogP contribution in [0.2, 0.25) is 0 Å². The summed E-state index contributed by atoms with van der Waals surface area (Å²) in [6.07, 6.45) is 3.47. The predicted octanol–water partition coefficient (Wildman–Crippen LogP) is 2.24. The van der Waals surface area contributed by atoms with Gasteiger partial charge in [0.2, 0.25) is 0 Å². The van der Waals surface area contributed by atoms with Gasteiger partial charge < -0.3 is 10.6 Å². The number of hydrogen-bond acceptors (Lipinski definition) is 3. The number of nitrogen functional groups attached to an aromatic ring is 1. The second-order valence-corrected chi connectivity index (χ2v) is 4.95. The number of aromatic nitrogens is 1. The minimum absolute atomic E-state index is 0.0943. The zero-order valence-corrected chi connectivity index (χ0v) is 11.1. The van der Waals surface area contributed by atoms with E-state index in [0.717, 1.165) is 17.8 Å². The Morgan fingerprint density at radius 1 is 1.41 bits per heavy atom. The van der Waals surface area contributed by atoms with Gasteiger partial charge in [-0.25, -0.2) is 0 Å². The van der Waals surface area contributed by atoms with Crippen LogP contribution >= 0.6 is 0 Å². The van der Waals surface area contributed by atoms with Crippen molar-refractivity contribution in [3.8, 4) is 0 Å². The summed E-state index contributed by atoms with van der Waals surface area (Å²) in [5.74, 6) is 0.647. The molecule has 0 aliphatic carbocycles. The molecule has 0 saturated heterocycles. The molecular weight excluding hydrogens is 212 g/mol. The molecule has 1 heterocycles. The molecule has 94 valence electrons. The average molecular weight is 234 g/mol. The van der Waals surface area contributed by atoms with Gasteiger partial charge in [-0.15, -0.1) is 0 Å². The Morgan fingerprint density at radius 2 is 2.06 bits per heavy atom. The largest absolute Gasteiger partial charge is 0.384 e. The molecule has 1 aromatic heterocycles. The van der Waals surface area contributed by atoms with Crippen molar-refractivity contribution in [1.29, 1.82) is 5.41 Å². The fraction of sp³-hybridized carbons (Fsp3) is 0.538. The second-order valence-electron chi connectivity index (χ2n) is 4.95. The van der Waals surface area contributed by atoms with Crippen LogP contribution in [-0.2, 0) is 0 Å². The number of nitrogens with two attached hydrogens (primary N) is 1. The minimum Gasteiger partial charge on any atom is -0.384 e. The lowest BCUT2D eigenvalue weighted by atomic mass is 10.1. The lowest BCUT2D eigenvalue weighted by molar-refractivity contribution is 0.570. The standard InChI is InChI=1S/C13H22N4/c1-9(2)8-17(10(3)4)12-7-16-6-5-11(12)13(14)15/h5-7,9-10H,8H2,1-4H3,(H3,14,15). The van der Waals surface area contributed by atoms with Gasteiger partial charge >= 0.3 is 0 Å². The van der Waals surface area contributed by atoms with Crippen molar-refractivity contribution >= 4 is 11.5 Å². The van der Waals surface area contributed by atoms with Crippen LogP contribution in [0.25, 0.3) is 0 Å². The summed E-state index contributed by atoms with van der Waals surface area (Å²) in [6.45, 7) is 9.57. The molecule has 0 saturated carbocycles. The van der Waals surface area contributed by atoms with Gasteiger partial charge in [-0.05, 0) is 25.8 Å². The van der Waals surface area contributed by atoms with Crippen LogP contribution in [0.4, 0.5) is 5.69 Å². The second kappa shape index (κ2) is 5.66. The molecule has 0 aliphatic heterocycles.